The summed E-state index contributed by atoms with van der Waals surface area (Å²) in [4.78, 5) is 10.6. The van der Waals surface area contributed by atoms with Crippen LogP contribution >= 0.6 is 11.6 Å². The number of rotatable bonds is 1. The summed E-state index contributed by atoms with van der Waals surface area (Å²) in [6, 6.07) is 1.54. The van der Waals surface area contributed by atoms with E-state index < -0.39 is 5.68 Å². The smallest absolute Gasteiger partial charge is 0.177 e. The van der Waals surface area contributed by atoms with Crippen LogP contribution in [-0.4, -0.2) is 23.7 Å². The molecule has 3 nitrogen and oxygen atoms in total. The quantitative estimate of drug-likeness (QED) is 0.578. The summed E-state index contributed by atoms with van der Waals surface area (Å²) < 4.78 is 0. The second-order valence-corrected chi connectivity index (χ2v) is 2.45. The number of halogens is 1. The molecule has 0 N–H and O–H groups in total. The van der Waals surface area contributed by atoms with Crippen LogP contribution in [0.2, 0.25) is 5.02 Å². The molecule has 0 aliphatic rings. The fourth-order valence-electron chi connectivity index (χ4n) is 0.624. The highest BCUT2D eigenvalue weighted by Crippen LogP contribution is 2.12. The van der Waals surface area contributed by atoms with E-state index in [1.807, 2.05) is 0 Å². The van der Waals surface area contributed by atoms with Gasteiger partial charge in [-0.05, 0) is 13.0 Å². The van der Waals surface area contributed by atoms with E-state index in [1.165, 1.54) is 6.07 Å². The molecule has 0 spiro atoms. The number of carbonyl (C=O) groups is 1. The average molecular weight is 166 g/mol. The van der Waals surface area contributed by atoms with Gasteiger partial charge >= 0.3 is 0 Å². The number of nitrogens with zero attached hydrogens (tertiary/aromatic N) is 2. The van der Waals surface area contributed by atoms with E-state index in [9.17, 15) is 4.79 Å². The Hall–Kier alpha value is -0.895. The van der Waals surface area contributed by atoms with Crippen molar-refractivity contribution in [2.45, 2.75) is 6.92 Å². The molecule has 1 aromatic heterocycles. The Kier molecular flexibility index (Phi) is 2.24. The van der Waals surface area contributed by atoms with Crippen LogP contribution in [0.1, 0.15) is 16.2 Å². The summed E-state index contributed by atoms with van der Waals surface area (Å²) >= 11 is 5.62. The molecule has 0 bridgehead atoms. The van der Waals surface area contributed by atoms with Gasteiger partial charge in [0.15, 0.2) is 7.85 Å². The van der Waals surface area contributed by atoms with Crippen LogP contribution in [-0.2, 0) is 0 Å². The summed E-state index contributed by atoms with van der Waals surface area (Å²) in [5, 5.41) is 7.39. The van der Waals surface area contributed by atoms with Crippen molar-refractivity contribution in [1.29, 1.82) is 0 Å². The SMILES string of the molecule is [B]C(=O)c1nnc(C)cc1Cl. The van der Waals surface area contributed by atoms with Crippen molar-refractivity contribution in [2.75, 3.05) is 0 Å². The van der Waals surface area contributed by atoms with Gasteiger partial charge in [-0.15, -0.1) is 5.10 Å². The molecule has 0 unspecified atom stereocenters. The van der Waals surface area contributed by atoms with Gasteiger partial charge in [0.05, 0.1) is 10.7 Å². The summed E-state index contributed by atoms with van der Waals surface area (Å²) in [6.45, 7) is 1.73. The first-order valence-electron chi connectivity index (χ1n) is 2.91. The molecule has 0 fully saturated rings. The third-order valence-corrected chi connectivity index (χ3v) is 1.39. The Morgan fingerprint density at radius 1 is 1.64 bits per heavy atom. The minimum absolute atomic E-state index is 0.0114. The molecule has 0 saturated carbocycles. The molecule has 0 aromatic carbocycles. The molecule has 1 heterocycles. The van der Waals surface area contributed by atoms with E-state index in [0.29, 0.717) is 5.69 Å². The van der Waals surface area contributed by atoms with E-state index in [0.717, 1.165) is 0 Å². The summed E-state index contributed by atoms with van der Waals surface area (Å²) in [6.07, 6.45) is 0. The lowest BCUT2D eigenvalue weighted by molar-refractivity contribution is 0.107. The van der Waals surface area contributed by atoms with Gasteiger partial charge < -0.3 is 4.79 Å². The van der Waals surface area contributed by atoms with Gasteiger partial charge in [0.2, 0.25) is 0 Å². The van der Waals surface area contributed by atoms with Crippen LogP contribution in [0.5, 0.6) is 0 Å². The maximum Gasteiger partial charge on any atom is 0.177 e. The zero-order chi connectivity index (χ0) is 8.43. The lowest BCUT2D eigenvalue weighted by Crippen LogP contribution is -2.04. The lowest BCUT2D eigenvalue weighted by Gasteiger charge is -1.97. The van der Waals surface area contributed by atoms with E-state index in [2.05, 4.69) is 10.2 Å². The average Bonchev–Trinajstić information content (AvgIpc) is 1.85. The summed E-state index contributed by atoms with van der Waals surface area (Å²) in [7, 11) is 4.94. The monoisotopic (exact) mass is 166 g/mol. The minimum atomic E-state index is -0.664. The highest BCUT2D eigenvalue weighted by Gasteiger charge is 2.06. The maximum atomic E-state index is 10.6. The highest BCUT2D eigenvalue weighted by molar-refractivity contribution is 6.63. The Morgan fingerprint density at radius 2 is 2.27 bits per heavy atom. The summed E-state index contributed by atoms with van der Waals surface area (Å²) in [5.74, 6) is 0. The van der Waals surface area contributed by atoms with Crippen LogP contribution in [0, 0.1) is 6.92 Å². The Labute approximate surface area is 70.2 Å². The predicted octanol–water partition coefficient (Wildman–Crippen LogP) is 0.747. The van der Waals surface area contributed by atoms with Gasteiger partial charge in [-0.25, -0.2) is 0 Å². The number of hydrogen-bond acceptors (Lipinski definition) is 3. The molecule has 2 radical (unpaired) electrons. The van der Waals surface area contributed by atoms with Gasteiger partial charge in [0, 0.05) is 0 Å². The van der Waals surface area contributed by atoms with Crippen molar-refractivity contribution >= 4 is 25.1 Å². The van der Waals surface area contributed by atoms with Crippen LogP contribution in [0.25, 0.3) is 0 Å². The first-order chi connectivity index (χ1) is 5.11. The molecule has 1 aromatic rings. The normalized spacial score (nSPS) is 9.64. The van der Waals surface area contributed by atoms with Crippen molar-refractivity contribution in [3.63, 3.8) is 0 Å². The lowest BCUT2D eigenvalue weighted by atomic mass is 9.99. The van der Waals surface area contributed by atoms with Crippen LogP contribution in [0.15, 0.2) is 6.07 Å². The number of carbonyl (C=O) groups excluding carboxylic acids is 1. The van der Waals surface area contributed by atoms with Crippen LogP contribution < -0.4 is 0 Å². The molecular formula is C6H4BClN2O. The van der Waals surface area contributed by atoms with Gasteiger partial charge in [0.1, 0.15) is 11.4 Å². The number of aromatic nitrogens is 2. The van der Waals surface area contributed by atoms with Crippen molar-refractivity contribution in [1.82, 2.24) is 10.2 Å². The van der Waals surface area contributed by atoms with Crippen molar-refractivity contribution in [2.24, 2.45) is 0 Å². The first kappa shape index (κ1) is 8.20. The second-order valence-electron chi connectivity index (χ2n) is 2.05. The third-order valence-electron chi connectivity index (χ3n) is 1.10. The fraction of sp³-hybridized carbons (Fsp3) is 0.167. The molecule has 0 aliphatic heterocycles. The number of aryl methyl sites for hydroxylation is 1. The zero-order valence-electron chi connectivity index (χ0n) is 5.84. The van der Waals surface area contributed by atoms with E-state index in [-0.39, 0.29) is 10.7 Å². The van der Waals surface area contributed by atoms with Gasteiger partial charge in [-0.1, -0.05) is 11.6 Å². The molecule has 11 heavy (non-hydrogen) atoms. The van der Waals surface area contributed by atoms with Gasteiger partial charge in [-0.3, -0.25) is 0 Å². The molecule has 0 saturated heterocycles. The fourth-order valence-corrected chi connectivity index (χ4v) is 0.913. The largest absolute Gasteiger partial charge is 0.306 e. The zero-order valence-corrected chi connectivity index (χ0v) is 6.59. The third kappa shape index (κ3) is 1.77. The second kappa shape index (κ2) is 3.01. The molecule has 0 aliphatic carbocycles. The molecular weight excluding hydrogens is 162 g/mol. The molecule has 0 atom stereocenters. The van der Waals surface area contributed by atoms with Crippen molar-refractivity contribution < 1.29 is 4.79 Å². The molecule has 1 rings (SSSR count). The van der Waals surface area contributed by atoms with Crippen molar-refractivity contribution in [3.05, 3.63) is 22.5 Å². The van der Waals surface area contributed by atoms with E-state index in [1.54, 1.807) is 6.92 Å². The van der Waals surface area contributed by atoms with Crippen LogP contribution in [0.3, 0.4) is 0 Å². The van der Waals surface area contributed by atoms with E-state index in [4.69, 9.17) is 19.4 Å². The maximum absolute atomic E-state index is 10.6. The molecule has 54 valence electrons. The Bertz CT molecular complexity index is 303. The van der Waals surface area contributed by atoms with Crippen molar-refractivity contribution in [3.8, 4) is 0 Å². The predicted molar refractivity (Wildman–Crippen MR) is 41.9 cm³/mol. The standard InChI is InChI=1S/C6H4BClN2O/c1-3-2-4(8)5(6(7)11)10-9-3/h2H,1H3. The van der Waals surface area contributed by atoms with Gasteiger partial charge in [-0.2, -0.15) is 5.10 Å². The Balaban J connectivity index is 3.20. The summed E-state index contributed by atoms with van der Waals surface area (Å²) in [5.41, 5.74) is -0.000216. The molecule has 5 heteroatoms. The van der Waals surface area contributed by atoms with Gasteiger partial charge in [0.25, 0.3) is 0 Å². The first-order valence-corrected chi connectivity index (χ1v) is 3.28. The minimum Gasteiger partial charge on any atom is -0.306 e. The van der Waals surface area contributed by atoms with E-state index >= 15 is 0 Å². The Morgan fingerprint density at radius 3 is 2.73 bits per heavy atom. The van der Waals surface area contributed by atoms with Crippen LogP contribution in [0.4, 0.5) is 0 Å². The molecule has 0 amide bonds. The highest BCUT2D eigenvalue weighted by atomic mass is 35.5. The topological polar surface area (TPSA) is 42.9 Å². The number of hydrogen-bond donors (Lipinski definition) is 0.